The van der Waals surface area contributed by atoms with E-state index in [0.717, 1.165) is 6.20 Å². The van der Waals surface area contributed by atoms with Crippen LogP contribution in [0.4, 0.5) is 30.6 Å². The quantitative estimate of drug-likeness (QED) is 0.575. The number of anilines is 3. The van der Waals surface area contributed by atoms with Crippen LogP contribution in [0.2, 0.25) is 10.0 Å². The van der Waals surface area contributed by atoms with Gasteiger partial charge in [-0.05, 0) is 30.3 Å². The number of benzene rings is 1. The van der Waals surface area contributed by atoms with E-state index in [9.17, 15) is 13.2 Å². The van der Waals surface area contributed by atoms with Crippen molar-refractivity contribution in [2.75, 3.05) is 17.3 Å². The van der Waals surface area contributed by atoms with Crippen LogP contribution >= 0.6 is 23.2 Å². The molecule has 0 atom stereocenters. The van der Waals surface area contributed by atoms with Crippen LogP contribution in [0.25, 0.3) is 0 Å². The number of hydrogen-bond acceptors (Lipinski definition) is 5. The first-order valence-corrected chi connectivity index (χ1v) is 8.77. The van der Waals surface area contributed by atoms with Crippen molar-refractivity contribution in [2.24, 2.45) is 0 Å². The minimum Gasteiger partial charge on any atom is -0.353 e. The van der Waals surface area contributed by atoms with E-state index < -0.39 is 11.7 Å². The standard InChI is InChI=1S/C18H14Cl2F3N5/c1-28(10-12-4-2-3-7-24-12)16-13(18(21,22)23)9-25-17(27-16)26-11-5-6-14(19)15(20)8-11/h2-9H,10H2,1H3,(H,25,26,27). The van der Waals surface area contributed by atoms with Crippen LogP contribution in [0.15, 0.2) is 48.8 Å². The number of alkyl halides is 3. The van der Waals surface area contributed by atoms with Gasteiger partial charge in [0.1, 0.15) is 11.4 Å². The molecular formula is C18H14Cl2F3N5. The lowest BCUT2D eigenvalue weighted by Crippen LogP contribution is -2.23. The van der Waals surface area contributed by atoms with Gasteiger partial charge in [-0.2, -0.15) is 18.2 Å². The third kappa shape index (κ3) is 4.82. The normalized spacial score (nSPS) is 11.4. The lowest BCUT2D eigenvalue weighted by atomic mass is 10.2. The maximum atomic E-state index is 13.4. The van der Waals surface area contributed by atoms with Crippen molar-refractivity contribution >= 4 is 40.7 Å². The van der Waals surface area contributed by atoms with Gasteiger partial charge in [-0.15, -0.1) is 0 Å². The molecule has 0 radical (unpaired) electrons. The topological polar surface area (TPSA) is 53.9 Å². The van der Waals surface area contributed by atoms with Gasteiger partial charge in [0.2, 0.25) is 5.95 Å². The zero-order valence-electron chi connectivity index (χ0n) is 14.5. The van der Waals surface area contributed by atoms with E-state index in [4.69, 9.17) is 23.2 Å². The molecule has 3 aromatic rings. The summed E-state index contributed by atoms with van der Waals surface area (Å²) < 4.78 is 40.3. The van der Waals surface area contributed by atoms with Crippen LogP contribution in [0.5, 0.6) is 0 Å². The predicted octanol–water partition coefficient (Wildman–Crippen LogP) is 5.58. The SMILES string of the molecule is CN(Cc1ccccn1)c1nc(Nc2ccc(Cl)c(Cl)c2)ncc1C(F)(F)F. The maximum absolute atomic E-state index is 13.4. The Balaban J connectivity index is 1.93. The van der Waals surface area contributed by atoms with Crippen LogP contribution in [-0.4, -0.2) is 22.0 Å². The Hall–Kier alpha value is -2.58. The number of aromatic nitrogens is 3. The number of nitrogens with one attached hydrogen (secondary N) is 1. The second-order valence-corrected chi connectivity index (χ2v) is 6.67. The smallest absolute Gasteiger partial charge is 0.353 e. The molecular weight excluding hydrogens is 414 g/mol. The van der Waals surface area contributed by atoms with Crippen molar-refractivity contribution in [2.45, 2.75) is 12.7 Å². The molecule has 1 aromatic carbocycles. The van der Waals surface area contributed by atoms with Gasteiger partial charge in [-0.1, -0.05) is 29.3 Å². The zero-order valence-corrected chi connectivity index (χ0v) is 16.0. The molecule has 0 bridgehead atoms. The van der Waals surface area contributed by atoms with Gasteiger partial charge in [0.25, 0.3) is 0 Å². The molecule has 10 heteroatoms. The zero-order chi connectivity index (χ0) is 20.3. The highest BCUT2D eigenvalue weighted by Gasteiger charge is 2.36. The van der Waals surface area contributed by atoms with Crippen molar-refractivity contribution in [3.05, 3.63) is 70.1 Å². The van der Waals surface area contributed by atoms with Crippen molar-refractivity contribution in [1.29, 1.82) is 0 Å². The lowest BCUT2D eigenvalue weighted by Gasteiger charge is -2.22. The summed E-state index contributed by atoms with van der Waals surface area (Å²) in [5.74, 6) is -0.273. The molecule has 0 amide bonds. The first-order chi connectivity index (χ1) is 13.2. The van der Waals surface area contributed by atoms with Crippen molar-refractivity contribution < 1.29 is 13.2 Å². The van der Waals surface area contributed by atoms with E-state index in [0.29, 0.717) is 21.4 Å². The molecule has 0 saturated heterocycles. The number of hydrogen-bond donors (Lipinski definition) is 1. The van der Waals surface area contributed by atoms with E-state index in [-0.39, 0.29) is 18.3 Å². The first kappa shape index (κ1) is 20.2. The van der Waals surface area contributed by atoms with Gasteiger partial charge < -0.3 is 10.2 Å². The Morgan fingerprint density at radius 3 is 2.50 bits per heavy atom. The summed E-state index contributed by atoms with van der Waals surface area (Å²) in [4.78, 5) is 13.3. The third-order valence-electron chi connectivity index (χ3n) is 3.74. The third-order valence-corrected chi connectivity index (χ3v) is 4.48. The minimum absolute atomic E-state index is 0.00531. The number of halogens is 5. The van der Waals surface area contributed by atoms with Gasteiger partial charge >= 0.3 is 6.18 Å². The fraction of sp³-hybridized carbons (Fsp3) is 0.167. The summed E-state index contributed by atoms with van der Waals surface area (Å²) in [5, 5.41) is 3.49. The van der Waals surface area contributed by atoms with Gasteiger partial charge in [0, 0.05) is 25.1 Å². The molecule has 0 fully saturated rings. The second-order valence-electron chi connectivity index (χ2n) is 5.86. The fourth-order valence-corrected chi connectivity index (χ4v) is 2.73. The molecule has 0 aliphatic heterocycles. The highest BCUT2D eigenvalue weighted by molar-refractivity contribution is 6.42. The molecule has 0 aliphatic rings. The maximum Gasteiger partial charge on any atom is 0.421 e. The predicted molar refractivity (Wildman–Crippen MR) is 103 cm³/mol. The summed E-state index contributed by atoms with van der Waals surface area (Å²) in [5.41, 5.74) is 0.161. The van der Waals surface area contributed by atoms with Crippen LogP contribution < -0.4 is 10.2 Å². The molecule has 28 heavy (non-hydrogen) atoms. The number of pyridine rings is 1. The Bertz CT molecular complexity index is 967. The number of nitrogens with zero attached hydrogens (tertiary/aromatic N) is 4. The van der Waals surface area contributed by atoms with Crippen molar-refractivity contribution in [3.8, 4) is 0 Å². The summed E-state index contributed by atoms with van der Waals surface area (Å²) in [6.45, 7) is 0.146. The molecule has 3 rings (SSSR count). The van der Waals surface area contributed by atoms with E-state index in [1.807, 2.05) is 0 Å². The molecule has 0 saturated carbocycles. The molecule has 5 nitrogen and oxygen atoms in total. The average Bonchev–Trinajstić information content (AvgIpc) is 2.64. The van der Waals surface area contributed by atoms with E-state index in [1.165, 1.54) is 18.0 Å². The summed E-state index contributed by atoms with van der Waals surface area (Å²) in [6.07, 6.45) is -2.28. The van der Waals surface area contributed by atoms with Crippen molar-refractivity contribution in [1.82, 2.24) is 15.0 Å². The monoisotopic (exact) mass is 427 g/mol. The molecule has 2 aromatic heterocycles. The van der Waals surface area contributed by atoms with Crippen molar-refractivity contribution in [3.63, 3.8) is 0 Å². The molecule has 0 unspecified atom stereocenters. The van der Waals surface area contributed by atoms with Gasteiger partial charge in [0.05, 0.1) is 22.3 Å². The summed E-state index contributed by atoms with van der Waals surface area (Å²) in [7, 11) is 1.51. The van der Waals surface area contributed by atoms with E-state index in [1.54, 1.807) is 36.5 Å². The van der Waals surface area contributed by atoms with Gasteiger partial charge in [-0.25, -0.2) is 4.98 Å². The van der Waals surface area contributed by atoms with Gasteiger partial charge in [0.15, 0.2) is 0 Å². The minimum atomic E-state index is -4.60. The molecule has 2 heterocycles. The molecule has 0 aliphatic carbocycles. The Morgan fingerprint density at radius 1 is 1.07 bits per heavy atom. The molecule has 1 N–H and O–H groups in total. The Morgan fingerprint density at radius 2 is 1.86 bits per heavy atom. The highest BCUT2D eigenvalue weighted by atomic mass is 35.5. The lowest BCUT2D eigenvalue weighted by molar-refractivity contribution is -0.137. The summed E-state index contributed by atoms with van der Waals surface area (Å²) in [6, 6.07) is 9.92. The molecule has 146 valence electrons. The van der Waals surface area contributed by atoms with E-state index in [2.05, 4.69) is 20.3 Å². The Kier molecular flexibility index (Phi) is 5.90. The second kappa shape index (κ2) is 8.20. The van der Waals surface area contributed by atoms with E-state index >= 15 is 0 Å². The van der Waals surface area contributed by atoms with Crippen LogP contribution in [0, 0.1) is 0 Å². The van der Waals surface area contributed by atoms with Crippen LogP contribution in [-0.2, 0) is 12.7 Å². The highest BCUT2D eigenvalue weighted by Crippen LogP contribution is 2.36. The number of rotatable bonds is 5. The van der Waals surface area contributed by atoms with Crippen LogP contribution in [0.1, 0.15) is 11.3 Å². The largest absolute Gasteiger partial charge is 0.421 e. The summed E-state index contributed by atoms with van der Waals surface area (Å²) >= 11 is 11.8. The van der Waals surface area contributed by atoms with Gasteiger partial charge in [-0.3, -0.25) is 4.98 Å². The van der Waals surface area contributed by atoms with Crippen LogP contribution in [0.3, 0.4) is 0 Å². The fourth-order valence-electron chi connectivity index (χ4n) is 2.44. The average molecular weight is 428 g/mol. The molecule has 0 spiro atoms. The Labute approximate surface area is 169 Å². The first-order valence-electron chi connectivity index (χ1n) is 8.01.